The van der Waals surface area contributed by atoms with Gasteiger partial charge in [-0.25, -0.2) is 14.2 Å². The zero-order valence-corrected chi connectivity index (χ0v) is 20.9. The zero-order chi connectivity index (χ0) is 25.8. The minimum atomic E-state index is -1.02. The van der Waals surface area contributed by atoms with Crippen LogP contribution in [0.2, 0.25) is 0 Å². The number of hydrogen-bond acceptors (Lipinski definition) is 10. The number of methoxy groups -OCH3 is 1. The second kappa shape index (κ2) is 11.1. The molecule has 2 aliphatic rings. The number of aryl methyl sites for hydroxylation is 1. The van der Waals surface area contributed by atoms with Crippen LogP contribution in [0.15, 0.2) is 40.7 Å². The van der Waals surface area contributed by atoms with E-state index < -0.39 is 29.8 Å². The van der Waals surface area contributed by atoms with Crippen LogP contribution in [0.1, 0.15) is 29.1 Å². The number of ether oxygens (including phenoxy) is 3. The van der Waals surface area contributed by atoms with E-state index in [4.69, 9.17) is 19.2 Å². The Hall–Kier alpha value is -3.35. The van der Waals surface area contributed by atoms with Crippen molar-refractivity contribution in [2.75, 3.05) is 40.0 Å². The van der Waals surface area contributed by atoms with Gasteiger partial charge in [0, 0.05) is 18.8 Å². The Bertz CT molecular complexity index is 1210. The number of rotatable bonds is 8. The van der Waals surface area contributed by atoms with E-state index in [2.05, 4.69) is 10.3 Å². The van der Waals surface area contributed by atoms with E-state index in [1.54, 1.807) is 31.0 Å². The van der Waals surface area contributed by atoms with Crippen molar-refractivity contribution < 1.29 is 33.3 Å². The van der Waals surface area contributed by atoms with Crippen LogP contribution in [-0.2, 0) is 19.1 Å². The molecule has 10 nitrogen and oxygen atoms in total. The fourth-order valence-electron chi connectivity index (χ4n) is 4.17. The molecule has 1 aromatic heterocycles. The van der Waals surface area contributed by atoms with E-state index in [0.717, 1.165) is 0 Å². The van der Waals surface area contributed by atoms with Gasteiger partial charge in [-0.15, -0.1) is 0 Å². The first-order valence-corrected chi connectivity index (χ1v) is 12.2. The van der Waals surface area contributed by atoms with Crippen molar-refractivity contribution in [3.63, 3.8) is 0 Å². The van der Waals surface area contributed by atoms with E-state index >= 15 is 0 Å². The van der Waals surface area contributed by atoms with Gasteiger partial charge in [-0.1, -0.05) is 17.4 Å². The van der Waals surface area contributed by atoms with Crippen LogP contribution in [0, 0.1) is 12.7 Å². The van der Waals surface area contributed by atoms with Crippen molar-refractivity contribution in [2.45, 2.75) is 25.9 Å². The van der Waals surface area contributed by atoms with Crippen LogP contribution < -0.4 is 10.1 Å². The number of nitrogens with zero attached hydrogens (tertiary/aromatic N) is 3. The standard InChI is InChI=1S/C24H27FN4O6S/c1-4-35-24(32)19-16(11-29-7-8-34-12-17(29)23(30)31)27-21(22-26-10-18(33-3)36-22)28-20(19)15-6-5-14(25)9-13(15)2/h5-6,9-10,17,20H,4,7-8,11-12H2,1-3H3,(H,27,28)(H,30,31). The van der Waals surface area contributed by atoms with Crippen molar-refractivity contribution in [1.29, 1.82) is 0 Å². The number of carboxylic acid groups (broad SMARTS) is 1. The third-order valence-corrected chi connectivity index (χ3v) is 6.89. The van der Waals surface area contributed by atoms with Gasteiger partial charge in [0.1, 0.15) is 17.9 Å². The molecule has 0 amide bonds. The lowest BCUT2D eigenvalue weighted by Crippen LogP contribution is -2.52. The number of benzene rings is 1. The van der Waals surface area contributed by atoms with Gasteiger partial charge >= 0.3 is 11.9 Å². The summed E-state index contributed by atoms with van der Waals surface area (Å²) in [7, 11) is 1.53. The fraction of sp³-hybridized carbons (Fsp3) is 0.417. The quantitative estimate of drug-likeness (QED) is 0.507. The minimum Gasteiger partial charge on any atom is -0.486 e. The number of aliphatic carboxylic acids is 1. The number of aromatic nitrogens is 1. The number of thiazole rings is 1. The Labute approximate surface area is 211 Å². The molecule has 3 heterocycles. The maximum atomic E-state index is 13.9. The average Bonchev–Trinajstić information content (AvgIpc) is 3.33. The highest BCUT2D eigenvalue weighted by molar-refractivity contribution is 7.15. The summed E-state index contributed by atoms with van der Waals surface area (Å²) < 4.78 is 29.9. The van der Waals surface area contributed by atoms with E-state index in [-0.39, 0.29) is 25.3 Å². The molecule has 0 spiro atoms. The van der Waals surface area contributed by atoms with E-state index in [1.165, 1.54) is 30.6 Å². The Balaban J connectivity index is 1.84. The lowest BCUT2D eigenvalue weighted by Gasteiger charge is -2.35. The molecule has 192 valence electrons. The molecule has 1 fully saturated rings. The molecule has 0 bridgehead atoms. The Morgan fingerprint density at radius 2 is 2.19 bits per heavy atom. The predicted molar refractivity (Wildman–Crippen MR) is 130 cm³/mol. The highest BCUT2D eigenvalue weighted by atomic mass is 32.1. The number of halogens is 1. The van der Waals surface area contributed by atoms with Crippen LogP contribution in [0.4, 0.5) is 4.39 Å². The monoisotopic (exact) mass is 518 g/mol. The highest BCUT2D eigenvalue weighted by Gasteiger charge is 2.37. The van der Waals surface area contributed by atoms with Crippen LogP contribution in [-0.4, -0.2) is 78.8 Å². The van der Waals surface area contributed by atoms with E-state index in [1.807, 2.05) is 0 Å². The van der Waals surface area contributed by atoms with E-state index in [9.17, 15) is 19.1 Å². The summed E-state index contributed by atoms with van der Waals surface area (Å²) in [5, 5.41) is 14.0. The van der Waals surface area contributed by atoms with Crippen molar-refractivity contribution >= 4 is 29.1 Å². The van der Waals surface area contributed by atoms with Crippen molar-refractivity contribution in [2.24, 2.45) is 4.99 Å². The summed E-state index contributed by atoms with van der Waals surface area (Å²) in [5.74, 6) is -1.62. The first-order valence-electron chi connectivity index (χ1n) is 11.4. The molecule has 36 heavy (non-hydrogen) atoms. The fourth-order valence-corrected chi connectivity index (χ4v) is 4.86. The second-order valence-corrected chi connectivity index (χ2v) is 9.20. The number of amidine groups is 1. The first-order chi connectivity index (χ1) is 17.3. The number of carbonyl (C=O) groups is 2. The molecule has 2 atom stereocenters. The Kier molecular flexibility index (Phi) is 7.97. The Morgan fingerprint density at radius 3 is 2.86 bits per heavy atom. The minimum absolute atomic E-state index is 0.0302. The number of aliphatic imine (C=N–C) groups is 1. The third kappa shape index (κ3) is 5.40. The average molecular weight is 519 g/mol. The van der Waals surface area contributed by atoms with Gasteiger partial charge in [0.2, 0.25) is 0 Å². The van der Waals surface area contributed by atoms with Crippen LogP contribution in [0.5, 0.6) is 5.06 Å². The van der Waals surface area contributed by atoms with Crippen molar-refractivity contribution in [3.05, 3.63) is 57.6 Å². The summed E-state index contributed by atoms with van der Waals surface area (Å²) in [6.45, 7) is 4.43. The molecular formula is C24H27FN4O6S. The molecule has 0 saturated carbocycles. The smallest absolute Gasteiger partial charge is 0.338 e. The van der Waals surface area contributed by atoms with Gasteiger partial charge in [0.05, 0.1) is 38.7 Å². The topological polar surface area (TPSA) is 123 Å². The molecule has 2 aliphatic heterocycles. The summed E-state index contributed by atoms with van der Waals surface area (Å²) in [6.07, 6.45) is 1.56. The molecule has 2 unspecified atom stereocenters. The number of hydrogen-bond donors (Lipinski definition) is 2. The number of morpholine rings is 1. The molecule has 1 saturated heterocycles. The van der Waals surface area contributed by atoms with Crippen LogP contribution in [0.25, 0.3) is 0 Å². The summed E-state index contributed by atoms with van der Waals surface area (Å²) in [6, 6.07) is 2.58. The molecule has 4 rings (SSSR count). The maximum Gasteiger partial charge on any atom is 0.338 e. The Morgan fingerprint density at radius 1 is 1.39 bits per heavy atom. The summed E-state index contributed by atoms with van der Waals surface area (Å²) in [4.78, 5) is 36.1. The number of carboxylic acids is 1. The first kappa shape index (κ1) is 25.7. The molecule has 0 radical (unpaired) electrons. The highest BCUT2D eigenvalue weighted by Crippen LogP contribution is 2.36. The van der Waals surface area contributed by atoms with Crippen molar-refractivity contribution in [3.8, 4) is 5.06 Å². The maximum absolute atomic E-state index is 13.9. The van der Waals surface area contributed by atoms with Gasteiger partial charge in [0.15, 0.2) is 15.9 Å². The van der Waals surface area contributed by atoms with Gasteiger partial charge in [-0.05, 0) is 37.1 Å². The van der Waals surface area contributed by atoms with Crippen LogP contribution >= 0.6 is 11.3 Å². The lowest BCUT2D eigenvalue weighted by atomic mass is 9.92. The number of esters is 1. The van der Waals surface area contributed by atoms with Crippen molar-refractivity contribution in [1.82, 2.24) is 15.2 Å². The molecule has 12 heteroatoms. The third-order valence-electron chi connectivity index (χ3n) is 5.92. The largest absolute Gasteiger partial charge is 0.486 e. The van der Waals surface area contributed by atoms with Gasteiger partial charge < -0.3 is 24.6 Å². The van der Waals surface area contributed by atoms with Gasteiger partial charge in [0.25, 0.3) is 0 Å². The molecular weight excluding hydrogens is 491 g/mol. The van der Waals surface area contributed by atoms with Gasteiger partial charge in [-0.3, -0.25) is 14.7 Å². The zero-order valence-electron chi connectivity index (χ0n) is 20.1. The molecule has 2 aromatic rings. The lowest BCUT2D eigenvalue weighted by molar-refractivity contribution is -0.149. The molecule has 2 N–H and O–H groups in total. The molecule has 1 aromatic carbocycles. The normalized spacial score (nSPS) is 20.5. The predicted octanol–water partition coefficient (Wildman–Crippen LogP) is 2.29. The summed E-state index contributed by atoms with van der Waals surface area (Å²) >= 11 is 1.26. The van der Waals surface area contributed by atoms with E-state index in [0.29, 0.717) is 45.9 Å². The SMILES string of the molecule is CCOC(=O)C1=C(CN2CCOCC2C(=O)O)NC(c2ncc(OC)s2)=NC1c1ccc(F)cc1C. The number of nitrogens with one attached hydrogen (secondary N) is 1. The number of carbonyl (C=O) groups excluding carboxylic acids is 1. The van der Waals surface area contributed by atoms with Crippen LogP contribution in [0.3, 0.4) is 0 Å². The molecule has 0 aliphatic carbocycles. The van der Waals surface area contributed by atoms with Gasteiger partial charge in [-0.2, -0.15) is 0 Å². The second-order valence-electron chi connectivity index (χ2n) is 8.21. The summed E-state index contributed by atoms with van der Waals surface area (Å²) in [5.41, 5.74) is 1.90.